The van der Waals surface area contributed by atoms with E-state index in [0.29, 0.717) is 23.6 Å². The molecule has 1 N–H and O–H groups in total. The van der Waals surface area contributed by atoms with Crippen LogP contribution in [0.15, 0.2) is 48.5 Å². The highest BCUT2D eigenvalue weighted by Gasteiger charge is 2.19. The number of nitrogens with one attached hydrogen (secondary N) is 1. The number of benzene rings is 2. The van der Waals surface area contributed by atoms with E-state index in [2.05, 4.69) is 5.32 Å². The Bertz CT molecular complexity index is 640. The molecule has 0 aliphatic heterocycles. The summed E-state index contributed by atoms with van der Waals surface area (Å²) in [6, 6.07) is 14.4. The van der Waals surface area contributed by atoms with Gasteiger partial charge in [-0.15, -0.1) is 0 Å². The van der Waals surface area contributed by atoms with E-state index in [1.807, 2.05) is 19.1 Å². The van der Waals surface area contributed by atoms with Gasteiger partial charge in [-0.05, 0) is 42.8 Å². The molecule has 5 heteroatoms. The van der Waals surface area contributed by atoms with Crippen molar-refractivity contribution >= 4 is 11.6 Å². The maximum Gasteiger partial charge on any atom is 0.265 e. The van der Waals surface area contributed by atoms with Crippen LogP contribution in [-0.4, -0.2) is 26.2 Å². The highest BCUT2D eigenvalue weighted by atomic mass is 16.5. The molecule has 0 spiro atoms. The number of ether oxygens (including phenoxy) is 3. The Morgan fingerprint density at radius 1 is 1.00 bits per heavy atom. The van der Waals surface area contributed by atoms with Crippen LogP contribution in [0.25, 0.3) is 0 Å². The van der Waals surface area contributed by atoms with Gasteiger partial charge in [0.15, 0.2) is 6.10 Å². The summed E-state index contributed by atoms with van der Waals surface area (Å²) in [6.45, 7) is 1.90. The third kappa shape index (κ3) is 4.39. The second-order valence-electron chi connectivity index (χ2n) is 4.88. The molecular weight excluding hydrogens is 294 g/mol. The fraction of sp³-hybridized carbons (Fsp3) is 0.278. The van der Waals surface area contributed by atoms with Gasteiger partial charge < -0.3 is 19.5 Å². The van der Waals surface area contributed by atoms with E-state index in [4.69, 9.17) is 14.2 Å². The molecule has 1 unspecified atom stereocenters. The van der Waals surface area contributed by atoms with Gasteiger partial charge in [-0.3, -0.25) is 4.79 Å². The van der Waals surface area contributed by atoms with Gasteiger partial charge in [0.05, 0.1) is 19.9 Å². The first-order valence-corrected chi connectivity index (χ1v) is 7.42. The van der Waals surface area contributed by atoms with E-state index >= 15 is 0 Å². The van der Waals surface area contributed by atoms with E-state index in [1.54, 1.807) is 50.6 Å². The van der Waals surface area contributed by atoms with Crippen LogP contribution in [-0.2, 0) is 4.79 Å². The van der Waals surface area contributed by atoms with Crippen molar-refractivity contribution in [1.82, 2.24) is 0 Å². The first-order valence-electron chi connectivity index (χ1n) is 7.42. The summed E-state index contributed by atoms with van der Waals surface area (Å²) < 4.78 is 16.1. The van der Waals surface area contributed by atoms with Gasteiger partial charge in [0.1, 0.15) is 17.2 Å². The summed E-state index contributed by atoms with van der Waals surface area (Å²) in [5, 5.41) is 2.84. The molecule has 1 atom stereocenters. The van der Waals surface area contributed by atoms with Crippen LogP contribution in [0.5, 0.6) is 17.2 Å². The molecule has 0 fully saturated rings. The third-order valence-corrected chi connectivity index (χ3v) is 3.37. The summed E-state index contributed by atoms with van der Waals surface area (Å²) in [5.74, 6) is 1.75. The summed E-state index contributed by atoms with van der Waals surface area (Å²) in [6.07, 6.45) is -0.0409. The summed E-state index contributed by atoms with van der Waals surface area (Å²) in [7, 11) is 3.17. The summed E-state index contributed by atoms with van der Waals surface area (Å²) in [5.41, 5.74) is 0.622. The summed E-state index contributed by atoms with van der Waals surface area (Å²) in [4.78, 5) is 12.4. The van der Waals surface area contributed by atoms with Gasteiger partial charge >= 0.3 is 0 Å². The van der Waals surface area contributed by atoms with Crippen molar-refractivity contribution in [2.45, 2.75) is 19.4 Å². The Hall–Kier alpha value is -2.69. The molecular formula is C18H21NO4. The Balaban J connectivity index is 2.05. The fourth-order valence-electron chi connectivity index (χ4n) is 2.10. The predicted molar refractivity (Wildman–Crippen MR) is 89.3 cm³/mol. The van der Waals surface area contributed by atoms with E-state index in [0.717, 1.165) is 5.75 Å². The first kappa shape index (κ1) is 16.7. The highest BCUT2D eigenvalue weighted by molar-refractivity contribution is 5.95. The largest absolute Gasteiger partial charge is 0.497 e. The van der Waals surface area contributed by atoms with E-state index in [9.17, 15) is 4.79 Å². The normalized spacial score (nSPS) is 11.4. The number of carbonyl (C=O) groups is 1. The van der Waals surface area contributed by atoms with Crippen LogP contribution < -0.4 is 19.5 Å². The van der Waals surface area contributed by atoms with Crippen LogP contribution in [0.2, 0.25) is 0 Å². The number of methoxy groups -OCH3 is 2. The number of para-hydroxylation sites is 2. The lowest BCUT2D eigenvalue weighted by Crippen LogP contribution is -2.32. The molecule has 0 aromatic heterocycles. The van der Waals surface area contributed by atoms with E-state index in [-0.39, 0.29) is 5.91 Å². The maximum absolute atomic E-state index is 12.4. The molecule has 2 rings (SSSR count). The van der Waals surface area contributed by atoms with Crippen LogP contribution >= 0.6 is 0 Å². The van der Waals surface area contributed by atoms with Crippen LogP contribution in [0, 0.1) is 0 Å². The van der Waals surface area contributed by atoms with Gasteiger partial charge in [0.2, 0.25) is 0 Å². The lowest BCUT2D eigenvalue weighted by molar-refractivity contribution is -0.122. The van der Waals surface area contributed by atoms with Crippen molar-refractivity contribution in [3.8, 4) is 17.2 Å². The molecule has 0 heterocycles. The minimum atomic E-state index is -0.590. The Kier molecular flexibility index (Phi) is 5.86. The summed E-state index contributed by atoms with van der Waals surface area (Å²) >= 11 is 0. The molecule has 5 nitrogen and oxygen atoms in total. The maximum atomic E-state index is 12.4. The zero-order valence-electron chi connectivity index (χ0n) is 13.5. The van der Waals surface area contributed by atoms with E-state index < -0.39 is 6.10 Å². The number of anilines is 1. The monoisotopic (exact) mass is 315 g/mol. The third-order valence-electron chi connectivity index (χ3n) is 3.37. The van der Waals surface area contributed by atoms with Gasteiger partial charge in [-0.25, -0.2) is 0 Å². The molecule has 122 valence electrons. The highest BCUT2D eigenvalue weighted by Crippen LogP contribution is 2.24. The van der Waals surface area contributed by atoms with Crippen molar-refractivity contribution in [2.75, 3.05) is 19.5 Å². The molecule has 0 aliphatic rings. The van der Waals surface area contributed by atoms with Gasteiger partial charge in [0.25, 0.3) is 5.91 Å². The SMILES string of the molecule is CCC(Oc1ccc(OC)cc1)C(=O)Nc1ccccc1OC. The lowest BCUT2D eigenvalue weighted by atomic mass is 10.2. The molecule has 1 amide bonds. The van der Waals surface area contributed by atoms with Crippen molar-refractivity contribution in [3.63, 3.8) is 0 Å². The standard InChI is InChI=1S/C18H21NO4/c1-4-16(23-14-11-9-13(21-2)10-12-14)18(20)19-15-7-5-6-8-17(15)22-3/h5-12,16H,4H2,1-3H3,(H,19,20). The molecule has 2 aromatic rings. The minimum Gasteiger partial charge on any atom is -0.497 e. The van der Waals surface area contributed by atoms with Crippen LogP contribution in [0.3, 0.4) is 0 Å². The fourth-order valence-corrected chi connectivity index (χ4v) is 2.10. The molecule has 0 saturated heterocycles. The van der Waals surface area contributed by atoms with Crippen molar-refractivity contribution in [3.05, 3.63) is 48.5 Å². The average Bonchev–Trinajstić information content (AvgIpc) is 2.60. The lowest BCUT2D eigenvalue weighted by Gasteiger charge is -2.18. The smallest absolute Gasteiger partial charge is 0.265 e. The van der Waals surface area contributed by atoms with Crippen LogP contribution in [0.4, 0.5) is 5.69 Å². The molecule has 0 radical (unpaired) electrons. The topological polar surface area (TPSA) is 56.8 Å². The van der Waals surface area contributed by atoms with Crippen molar-refractivity contribution < 1.29 is 19.0 Å². The van der Waals surface area contributed by atoms with Gasteiger partial charge in [0, 0.05) is 0 Å². The van der Waals surface area contributed by atoms with Gasteiger partial charge in [-0.1, -0.05) is 19.1 Å². The molecule has 0 aliphatic carbocycles. The number of hydrogen-bond acceptors (Lipinski definition) is 4. The number of rotatable bonds is 7. The van der Waals surface area contributed by atoms with Crippen molar-refractivity contribution in [2.24, 2.45) is 0 Å². The Morgan fingerprint density at radius 3 is 2.26 bits per heavy atom. The van der Waals surface area contributed by atoms with Crippen LogP contribution in [0.1, 0.15) is 13.3 Å². The quantitative estimate of drug-likeness (QED) is 0.849. The number of carbonyl (C=O) groups excluding carboxylic acids is 1. The Labute approximate surface area is 136 Å². The second-order valence-corrected chi connectivity index (χ2v) is 4.88. The van der Waals surface area contributed by atoms with Gasteiger partial charge in [-0.2, -0.15) is 0 Å². The number of amides is 1. The number of hydrogen-bond donors (Lipinski definition) is 1. The Morgan fingerprint density at radius 2 is 1.65 bits per heavy atom. The zero-order valence-corrected chi connectivity index (χ0v) is 13.5. The minimum absolute atomic E-state index is 0.215. The predicted octanol–water partition coefficient (Wildman–Crippen LogP) is 3.50. The van der Waals surface area contributed by atoms with Crippen molar-refractivity contribution in [1.29, 1.82) is 0 Å². The second kappa shape index (κ2) is 8.08. The molecule has 0 bridgehead atoms. The zero-order chi connectivity index (χ0) is 16.7. The molecule has 0 saturated carbocycles. The average molecular weight is 315 g/mol. The molecule has 2 aromatic carbocycles. The molecule has 23 heavy (non-hydrogen) atoms. The van der Waals surface area contributed by atoms with E-state index in [1.165, 1.54) is 0 Å². The first-order chi connectivity index (χ1) is 11.2.